The van der Waals surface area contributed by atoms with Crippen LogP contribution in [0.4, 0.5) is 5.69 Å². The minimum Gasteiger partial charge on any atom is -0.399 e. The van der Waals surface area contributed by atoms with Crippen molar-refractivity contribution in [2.24, 2.45) is 0 Å². The van der Waals surface area contributed by atoms with E-state index in [-0.39, 0.29) is 5.91 Å². The first-order valence-electron chi connectivity index (χ1n) is 5.53. The molecular formula is C13H16N2O. The monoisotopic (exact) mass is 216 g/mol. The fourth-order valence-corrected chi connectivity index (χ4v) is 1.86. The molecule has 1 aromatic rings. The van der Waals surface area contributed by atoms with Gasteiger partial charge in [0.25, 0.3) is 0 Å². The number of hydrogen-bond donors (Lipinski definition) is 1. The van der Waals surface area contributed by atoms with E-state index in [0.29, 0.717) is 12.1 Å². The van der Waals surface area contributed by atoms with E-state index in [4.69, 9.17) is 5.73 Å². The minimum atomic E-state index is 0.176. The highest BCUT2D eigenvalue weighted by Crippen LogP contribution is 2.10. The van der Waals surface area contributed by atoms with Crippen LogP contribution < -0.4 is 5.73 Å². The van der Waals surface area contributed by atoms with E-state index in [1.54, 1.807) is 0 Å². The molecule has 0 fully saturated rings. The Bertz CT molecular complexity index is 412. The molecule has 84 valence electrons. The summed E-state index contributed by atoms with van der Waals surface area (Å²) in [4.78, 5) is 13.8. The van der Waals surface area contributed by atoms with E-state index in [2.05, 4.69) is 6.08 Å². The average Bonchev–Trinajstić information content (AvgIpc) is 2.30. The lowest BCUT2D eigenvalue weighted by Crippen LogP contribution is -2.34. The third-order valence-electron chi connectivity index (χ3n) is 2.72. The molecule has 1 aromatic carbocycles. The molecule has 0 atom stereocenters. The first-order chi connectivity index (χ1) is 7.75. The van der Waals surface area contributed by atoms with Crippen LogP contribution in [0.1, 0.15) is 12.0 Å². The first-order valence-corrected chi connectivity index (χ1v) is 5.53. The van der Waals surface area contributed by atoms with Crippen LogP contribution in [0.5, 0.6) is 0 Å². The van der Waals surface area contributed by atoms with E-state index in [9.17, 15) is 4.79 Å². The number of carbonyl (C=O) groups excluding carboxylic acids is 1. The van der Waals surface area contributed by atoms with Crippen LogP contribution in [0.25, 0.3) is 0 Å². The lowest BCUT2D eigenvalue weighted by Gasteiger charge is -2.23. The summed E-state index contributed by atoms with van der Waals surface area (Å²) in [6.45, 7) is 1.57. The van der Waals surface area contributed by atoms with Crippen molar-refractivity contribution >= 4 is 11.6 Å². The maximum absolute atomic E-state index is 11.9. The molecular weight excluding hydrogens is 200 g/mol. The van der Waals surface area contributed by atoms with Gasteiger partial charge in [-0.15, -0.1) is 0 Å². The molecule has 0 aromatic heterocycles. The van der Waals surface area contributed by atoms with Gasteiger partial charge in [-0.05, 0) is 24.1 Å². The number of nitrogens with zero attached hydrogens (tertiary/aromatic N) is 1. The van der Waals surface area contributed by atoms with Crippen LogP contribution in [-0.4, -0.2) is 23.9 Å². The summed E-state index contributed by atoms with van der Waals surface area (Å²) in [7, 11) is 0. The van der Waals surface area contributed by atoms with Crippen molar-refractivity contribution < 1.29 is 4.79 Å². The molecule has 3 nitrogen and oxygen atoms in total. The fraction of sp³-hybridized carbons (Fsp3) is 0.308. The predicted molar refractivity (Wildman–Crippen MR) is 64.9 cm³/mol. The summed E-state index contributed by atoms with van der Waals surface area (Å²) in [6, 6.07) is 7.51. The Labute approximate surface area is 95.6 Å². The van der Waals surface area contributed by atoms with Gasteiger partial charge in [-0.1, -0.05) is 24.3 Å². The third kappa shape index (κ3) is 2.63. The molecule has 1 amide bonds. The number of nitrogens with two attached hydrogens (primary N) is 1. The van der Waals surface area contributed by atoms with Gasteiger partial charge < -0.3 is 10.6 Å². The van der Waals surface area contributed by atoms with Crippen molar-refractivity contribution in [2.45, 2.75) is 12.8 Å². The number of benzene rings is 1. The van der Waals surface area contributed by atoms with Crippen LogP contribution in [0.15, 0.2) is 36.4 Å². The van der Waals surface area contributed by atoms with Crippen LogP contribution in [0.3, 0.4) is 0 Å². The molecule has 0 aliphatic carbocycles. The van der Waals surface area contributed by atoms with E-state index >= 15 is 0 Å². The second-order valence-electron chi connectivity index (χ2n) is 4.02. The molecule has 0 saturated carbocycles. The molecule has 0 saturated heterocycles. The van der Waals surface area contributed by atoms with Gasteiger partial charge in [0, 0.05) is 18.8 Å². The first kappa shape index (κ1) is 10.7. The Kier molecular flexibility index (Phi) is 3.25. The Hall–Kier alpha value is -1.77. The van der Waals surface area contributed by atoms with Gasteiger partial charge in [-0.25, -0.2) is 0 Å². The van der Waals surface area contributed by atoms with Crippen molar-refractivity contribution in [3.63, 3.8) is 0 Å². The molecule has 16 heavy (non-hydrogen) atoms. The number of nitrogen functional groups attached to an aromatic ring is 1. The van der Waals surface area contributed by atoms with E-state index in [0.717, 1.165) is 25.1 Å². The molecule has 2 N–H and O–H groups in total. The number of carbonyl (C=O) groups is 1. The Balaban J connectivity index is 1.99. The SMILES string of the molecule is Nc1cccc(CC(=O)N2CC=CCC2)c1. The summed E-state index contributed by atoms with van der Waals surface area (Å²) in [5.74, 6) is 0.176. The number of rotatable bonds is 2. The quantitative estimate of drug-likeness (QED) is 0.603. The molecule has 0 spiro atoms. The van der Waals surface area contributed by atoms with Crippen LogP contribution in [-0.2, 0) is 11.2 Å². The Morgan fingerprint density at radius 1 is 1.38 bits per heavy atom. The topological polar surface area (TPSA) is 46.3 Å². The average molecular weight is 216 g/mol. The summed E-state index contributed by atoms with van der Waals surface area (Å²) in [5, 5.41) is 0. The lowest BCUT2D eigenvalue weighted by atomic mass is 10.1. The van der Waals surface area contributed by atoms with Crippen molar-refractivity contribution in [3.8, 4) is 0 Å². The van der Waals surface area contributed by atoms with Gasteiger partial charge in [-0.3, -0.25) is 4.79 Å². The molecule has 1 aliphatic rings. The smallest absolute Gasteiger partial charge is 0.227 e. The van der Waals surface area contributed by atoms with Gasteiger partial charge in [0.05, 0.1) is 6.42 Å². The van der Waals surface area contributed by atoms with Gasteiger partial charge in [-0.2, -0.15) is 0 Å². The maximum Gasteiger partial charge on any atom is 0.227 e. The van der Waals surface area contributed by atoms with Crippen molar-refractivity contribution in [2.75, 3.05) is 18.8 Å². The van der Waals surface area contributed by atoms with Gasteiger partial charge in [0.2, 0.25) is 5.91 Å². The van der Waals surface area contributed by atoms with Crippen LogP contribution in [0, 0.1) is 0 Å². The summed E-state index contributed by atoms with van der Waals surface area (Å²) >= 11 is 0. The number of amides is 1. The Morgan fingerprint density at radius 2 is 2.25 bits per heavy atom. The zero-order chi connectivity index (χ0) is 11.4. The zero-order valence-electron chi connectivity index (χ0n) is 9.23. The summed E-state index contributed by atoms with van der Waals surface area (Å²) < 4.78 is 0. The third-order valence-corrected chi connectivity index (χ3v) is 2.72. The highest BCUT2D eigenvalue weighted by Gasteiger charge is 2.13. The highest BCUT2D eigenvalue weighted by molar-refractivity contribution is 5.79. The number of anilines is 1. The fourth-order valence-electron chi connectivity index (χ4n) is 1.86. The largest absolute Gasteiger partial charge is 0.399 e. The van der Waals surface area contributed by atoms with Crippen molar-refractivity contribution in [3.05, 3.63) is 42.0 Å². The minimum absolute atomic E-state index is 0.176. The second-order valence-corrected chi connectivity index (χ2v) is 4.02. The standard InChI is InChI=1S/C13H16N2O/c14-12-6-4-5-11(9-12)10-13(16)15-7-2-1-3-8-15/h1-2,4-6,9H,3,7-8,10,14H2. The lowest BCUT2D eigenvalue weighted by molar-refractivity contribution is -0.130. The van der Waals surface area contributed by atoms with E-state index in [1.807, 2.05) is 35.2 Å². The van der Waals surface area contributed by atoms with E-state index < -0.39 is 0 Å². The normalized spacial score (nSPS) is 15.1. The predicted octanol–water partition coefficient (Wildman–Crippen LogP) is 1.60. The molecule has 0 bridgehead atoms. The molecule has 2 rings (SSSR count). The molecule has 1 heterocycles. The molecule has 0 unspecified atom stereocenters. The maximum atomic E-state index is 11.9. The van der Waals surface area contributed by atoms with E-state index in [1.165, 1.54) is 0 Å². The second kappa shape index (κ2) is 4.84. The molecule has 0 radical (unpaired) electrons. The van der Waals surface area contributed by atoms with Crippen molar-refractivity contribution in [1.29, 1.82) is 0 Å². The molecule has 1 aliphatic heterocycles. The van der Waals surface area contributed by atoms with Crippen LogP contribution in [0.2, 0.25) is 0 Å². The summed E-state index contributed by atoms with van der Waals surface area (Å²) in [5.41, 5.74) is 7.37. The Morgan fingerprint density at radius 3 is 2.94 bits per heavy atom. The highest BCUT2D eigenvalue weighted by atomic mass is 16.2. The van der Waals surface area contributed by atoms with Gasteiger partial charge in [0.15, 0.2) is 0 Å². The zero-order valence-corrected chi connectivity index (χ0v) is 9.23. The summed E-state index contributed by atoms with van der Waals surface area (Å²) in [6.07, 6.45) is 5.56. The van der Waals surface area contributed by atoms with Gasteiger partial charge >= 0.3 is 0 Å². The molecule has 3 heteroatoms. The van der Waals surface area contributed by atoms with Crippen molar-refractivity contribution in [1.82, 2.24) is 4.90 Å². The number of hydrogen-bond acceptors (Lipinski definition) is 2. The van der Waals surface area contributed by atoms with Gasteiger partial charge in [0.1, 0.15) is 0 Å². The van der Waals surface area contributed by atoms with Crippen LogP contribution >= 0.6 is 0 Å².